The van der Waals surface area contributed by atoms with Crippen LogP contribution in [-0.4, -0.2) is 27.0 Å². The maximum absolute atomic E-state index is 12.2. The van der Waals surface area contributed by atoms with Gasteiger partial charge in [-0.05, 0) is 55.7 Å². The fourth-order valence-electron chi connectivity index (χ4n) is 2.42. The predicted molar refractivity (Wildman–Crippen MR) is 99.7 cm³/mol. The summed E-state index contributed by atoms with van der Waals surface area (Å²) in [7, 11) is -3.54. The molecule has 0 bridgehead atoms. The van der Waals surface area contributed by atoms with Crippen molar-refractivity contribution >= 4 is 21.6 Å². The molecule has 1 amide bonds. The summed E-state index contributed by atoms with van der Waals surface area (Å²) >= 11 is 0. The average molecular weight is 374 g/mol. The molecule has 2 aromatic rings. The van der Waals surface area contributed by atoms with Crippen LogP contribution in [0.15, 0.2) is 53.4 Å². The van der Waals surface area contributed by atoms with Crippen molar-refractivity contribution in [3.63, 3.8) is 0 Å². The van der Waals surface area contributed by atoms with Crippen LogP contribution in [0, 0.1) is 6.92 Å². The standard InChI is InChI=1S/C19H22N2O4S/c1-14-4-2-6-17(12-14)25-11-10-19(22)20-16-5-3-7-18(13-16)26(23,24)21-15-8-9-15/h2-7,12-13,15,21H,8-11H2,1H3,(H,20,22). The number of rotatable bonds is 8. The average Bonchev–Trinajstić information content (AvgIpc) is 3.38. The second-order valence-electron chi connectivity index (χ2n) is 6.39. The van der Waals surface area contributed by atoms with Crippen molar-refractivity contribution in [2.75, 3.05) is 11.9 Å². The molecule has 0 saturated heterocycles. The number of anilines is 1. The fourth-order valence-corrected chi connectivity index (χ4v) is 3.77. The van der Waals surface area contributed by atoms with Crippen LogP contribution in [0.1, 0.15) is 24.8 Å². The topological polar surface area (TPSA) is 84.5 Å². The summed E-state index contributed by atoms with van der Waals surface area (Å²) in [6.45, 7) is 2.22. The lowest BCUT2D eigenvalue weighted by Gasteiger charge is -2.10. The van der Waals surface area contributed by atoms with E-state index in [-0.39, 0.29) is 29.9 Å². The highest BCUT2D eigenvalue weighted by Crippen LogP contribution is 2.23. The number of sulfonamides is 1. The summed E-state index contributed by atoms with van der Waals surface area (Å²) in [4.78, 5) is 12.2. The molecule has 1 saturated carbocycles. The molecule has 6 nitrogen and oxygen atoms in total. The number of amides is 1. The van der Waals surface area contributed by atoms with Gasteiger partial charge in [0.2, 0.25) is 15.9 Å². The Kier molecular flexibility index (Phi) is 5.58. The molecule has 2 N–H and O–H groups in total. The van der Waals surface area contributed by atoms with E-state index in [1.165, 1.54) is 12.1 Å². The Bertz CT molecular complexity index is 892. The molecule has 1 aliphatic rings. The molecule has 0 spiro atoms. The first-order valence-electron chi connectivity index (χ1n) is 8.54. The van der Waals surface area contributed by atoms with E-state index in [0.29, 0.717) is 5.69 Å². The SMILES string of the molecule is Cc1cccc(OCCC(=O)Nc2cccc(S(=O)(=O)NC3CC3)c2)c1. The summed E-state index contributed by atoms with van der Waals surface area (Å²) in [6, 6.07) is 13.9. The van der Waals surface area contributed by atoms with E-state index in [2.05, 4.69) is 10.0 Å². The highest BCUT2D eigenvalue weighted by molar-refractivity contribution is 7.89. The molecule has 0 unspecified atom stereocenters. The van der Waals surface area contributed by atoms with Gasteiger partial charge in [0, 0.05) is 11.7 Å². The van der Waals surface area contributed by atoms with Gasteiger partial charge in [0.1, 0.15) is 5.75 Å². The molecule has 0 radical (unpaired) electrons. The zero-order valence-electron chi connectivity index (χ0n) is 14.6. The molecule has 0 atom stereocenters. The van der Waals surface area contributed by atoms with Crippen molar-refractivity contribution < 1.29 is 17.9 Å². The number of carbonyl (C=O) groups is 1. The van der Waals surface area contributed by atoms with Gasteiger partial charge < -0.3 is 10.1 Å². The van der Waals surface area contributed by atoms with E-state index < -0.39 is 10.0 Å². The lowest BCUT2D eigenvalue weighted by atomic mass is 10.2. The van der Waals surface area contributed by atoms with Crippen molar-refractivity contribution in [1.29, 1.82) is 0 Å². The number of ether oxygens (including phenoxy) is 1. The van der Waals surface area contributed by atoms with Crippen LogP contribution in [-0.2, 0) is 14.8 Å². The second kappa shape index (κ2) is 7.88. The maximum Gasteiger partial charge on any atom is 0.240 e. The Labute approximate surface area is 153 Å². The minimum absolute atomic E-state index is 0.0389. The molecule has 0 aromatic heterocycles. The van der Waals surface area contributed by atoms with Crippen LogP contribution >= 0.6 is 0 Å². The Morgan fingerprint density at radius 1 is 1.15 bits per heavy atom. The molecule has 0 heterocycles. The van der Waals surface area contributed by atoms with Crippen molar-refractivity contribution in [3.8, 4) is 5.75 Å². The number of benzene rings is 2. The Morgan fingerprint density at radius 2 is 1.92 bits per heavy atom. The van der Waals surface area contributed by atoms with Crippen LogP contribution in [0.3, 0.4) is 0 Å². The second-order valence-corrected chi connectivity index (χ2v) is 8.10. The van der Waals surface area contributed by atoms with Crippen LogP contribution in [0.4, 0.5) is 5.69 Å². The fraction of sp³-hybridized carbons (Fsp3) is 0.316. The Morgan fingerprint density at radius 3 is 2.65 bits per heavy atom. The normalized spacial score (nSPS) is 14.0. The van der Waals surface area contributed by atoms with E-state index in [0.717, 1.165) is 24.2 Å². The predicted octanol–water partition coefficient (Wildman–Crippen LogP) is 2.84. The quantitative estimate of drug-likeness (QED) is 0.744. The Balaban J connectivity index is 1.53. The minimum Gasteiger partial charge on any atom is -0.493 e. The van der Waals surface area contributed by atoms with Gasteiger partial charge in [0.05, 0.1) is 17.9 Å². The van der Waals surface area contributed by atoms with E-state index in [1.54, 1.807) is 12.1 Å². The molecule has 1 fully saturated rings. The van der Waals surface area contributed by atoms with Gasteiger partial charge in [-0.25, -0.2) is 13.1 Å². The number of nitrogens with one attached hydrogen (secondary N) is 2. The van der Waals surface area contributed by atoms with Crippen LogP contribution in [0.5, 0.6) is 5.75 Å². The number of aryl methyl sites for hydroxylation is 1. The summed E-state index contributed by atoms with van der Waals surface area (Å²) in [5.74, 6) is 0.486. The zero-order valence-corrected chi connectivity index (χ0v) is 15.4. The lowest BCUT2D eigenvalue weighted by Crippen LogP contribution is -2.25. The molecular weight excluding hydrogens is 352 g/mol. The van der Waals surface area contributed by atoms with Gasteiger partial charge in [0.15, 0.2) is 0 Å². The Hall–Kier alpha value is -2.38. The van der Waals surface area contributed by atoms with Crippen molar-refractivity contribution in [3.05, 3.63) is 54.1 Å². The number of carbonyl (C=O) groups excluding carboxylic acids is 1. The number of hydrogen-bond acceptors (Lipinski definition) is 4. The third-order valence-electron chi connectivity index (χ3n) is 3.91. The third-order valence-corrected chi connectivity index (χ3v) is 5.43. The molecule has 26 heavy (non-hydrogen) atoms. The molecule has 0 aliphatic heterocycles. The summed E-state index contributed by atoms with van der Waals surface area (Å²) < 4.78 is 32.6. The lowest BCUT2D eigenvalue weighted by molar-refractivity contribution is -0.116. The monoisotopic (exact) mass is 374 g/mol. The highest BCUT2D eigenvalue weighted by atomic mass is 32.2. The van der Waals surface area contributed by atoms with Gasteiger partial charge in [0.25, 0.3) is 0 Å². The van der Waals surface area contributed by atoms with E-state index in [1.807, 2.05) is 31.2 Å². The first kappa shape index (κ1) is 18.4. The van der Waals surface area contributed by atoms with Gasteiger partial charge in [-0.2, -0.15) is 0 Å². The maximum atomic E-state index is 12.2. The highest BCUT2D eigenvalue weighted by Gasteiger charge is 2.28. The molecule has 3 rings (SSSR count). The van der Waals surface area contributed by atoms with Gasteiger partial charge in [-0.3, -0.25) is 4.79 Å². The van der Waals surface area contributed by atoms with Crippen LogP contribution in [0.2, 0.25) is 0 Å². The minimum atomic E-state index is -3.54. The number of hydrogen-bond donors (Lipinski definition) is 2. The van der Waals surface area contributed by atoms with Crippen LogP contribution in [0.25, 0.3) is 0 Å². The van der Waals surface area contributed by atoms with E-state index in [4.69, 9.17) is 4.74 Å². The molecule has 2 aromatic carbocycles. The molecule has 138 valence electrons. The van der Waals surface area contributed by atoms with Gasteiger partial charge in [-0.1, -0.05) is 18.2 Å². The molecule has 7 heteroatoms. The summed E-state index contributed by atoms with van der Waals surface area (Å²) in [6.07, 6.45) is 1.92. The van der Waals surface area contributed by atoms with E-state index in [9.17, 15) is 13.2 Å². The van der Waals surface area contributed by atoms with Crippen molar-refractivity contribution in [2.24, 2.45) is 0 Å². The smallest absolute Gasteiger partial charge is 0.240 e. The zero-order chi connectivity index (χ0) is 18.6. The largest absolute Gasteiger partial charge is 0.493 e. The summed E-state index contributed by atoms with van der Waals surface area (Å²) in [5.41, 5.74) is 1.54. The van der Waals surface area contributed by atoms with Crippen LogP contribution < -0.4 is 14.8 Å². The van der Waals surface area contributed by atoms with Crippen molar-refractivity contribution in [1.82, 2.24) is 4.72 Å². The van der Waals surface area contributed by atoms with Gasteiger partial charge in [-0.15, -0.1) is 0 Å². The third kappa shape index (κ3) is 5.31. The van der Waals surface area contributed by atoms with E-state index >= 15 is 0 Å². The van der Waals surface area contributed by atoms with Crippen molar-refractivity contribution in [2.45, 2.75) is 37.1 Å². The first-order valence-corrected chi connectivity index (χ1v) is 10.0. The summed E-state index contributed by atoms with van der Waals surface area (Å²) in [5, 5.41) is 2.71. The first-order chi connectivity index (χ1) is 12.4. The molecule has 1 aliphatic carbocycles. The molecular formula is C19H22N2O4S. The van der Waals surface area contributed by atoms with Gasteiger partial charge >= 0.3 is 0 Å².